The van der Waals surface area contributed by atoms with E-state index in [-0.39, 0.29) is 0 Å². The normalized spacial score (nSPS) is 12.0. The number of aliphatic hydroxyl groups excluding tert-OH is 2. The average molecular weight is 394 g/mol. The van der Waals surface area contributed by atoms with Gasteiger partial charge < -0.3 is 25.3 Å². The van der Waals surface area contributed by atoms with Crippen molar-refractivity contribution in [3.05, 3.63) is 59.0 Å². The second kappa shape index (κ2) is 10.8. The fourth-order valence-electron chi connectivity index (χ4n) is 2.41. The lowest BCUT2D eigenvalue weighted by Crippen LogP contribution is -2.48. The second-order valence-corrected chi connectivity index (χ2v) is 6.19. The van der Waals surface area contributed by atoms with E-state index in [1.807, 2.05) is 13.1 Å². The Hall–Kier alpha value is -3.36. The van der Waals surface area contributed by atoms with Crippen LogP contribution in [0.15, 0.2) is 40.8 Å². The molecule has 7 heteroatoms. The van der Waals surface area contributed by atoms with Gasteiger partial charge in [0.1, 0.15) is 18.4 Å². The van der Waals surface area contributed by atoms with Gasteiger partial charge in [0.15, 0.2) is 11.5 Å². The van der Waals surface area contributed by atoms with Crippen molar-refractivity contribution in [2.24, 2.45) is 0 Å². The number of furan rings is 1. The molecule has 0 aliphatic carbocycles. The van der Waals surface area contributed by atoms with Crippen LogP contribution in [0.3, 0.4) is 0 Å². The van der Waals surface area contributed by atoms with E-state index in [1.54, 1.807) is 30.3 Å². The minimum atomic E-state index is -1.17. The van der Waals surface area contributed by atoms with Crippen LogP contribution in [-0.2, 0) is 11.3 Å². The smallest absolute Gasteiger partial charge is 0.251 e. The zero-order valence-electron chi connectivity index (χ0n) is 16.2. The Labute approximate surface area is 169 Å². The van der Waals surface area contributed by atoms with E-state index in [0.717, 1.165) is 5.76 Å². The van der Waals surface area contributed by atoms with Crippen LogP contribution in [0, 0.1) is 23.7 Å². The van der Waals surface area contributed by atoms with Crippen LogP contribution in [0.1, 0.15) is 34.4 Å². The van der Waals surface area contributed by atoms with E-state index >= 15 is 0 Å². The Morgan fingerprint density at radius 2 is 1.79 bits per heavy atom. The number of carbonyl (C=O) groups excluding carboxylic acids is 2. The summed E-state index contributed by atoms with van der Waals surface area (Å²) in [5.74, 6) is 11.2. The average Bonchev–Trinajstić information content (AvgIpc) is 3.16. The molecule has 0 bridgehead atoms. The molecule has 0 saturated carbocycles. The molecule has 2 rings (SSSR count). The van der Waals surface area contributed by atoms with Crippen molar-refractivity contribution in [1.29, 1.82) is 0 Å². The number of nitrogens with one attached hydrogen (secondary N) is 2. The van der Waals surface area contributed by atoms with Gasteiger partial charge >= 0.3 is 0 Å². The molecule has 2 aromatic rings. The van der Waals surface area contributed by atoms with Gasteiger partial charge in [0, 0.05) is 11.1 Å². The molecule has 1 aromatic carbocycles. The van der Waals surface area contributed by atoms with Crippen molar-refractivity contribution in [3.8, 4) is 23.7 Å². The summed E-state index contributed by atoms with van der Waals surface area (Å²) >= 11 is 0. The molecule has 2 atom stereocenters. The lowest BCUT2D eigenvalue weighted by Gasteiger charge is -2.19. The Morgan fingerprint density at radius 3 is 2.41 bits per heavy atom. The molecule has 1 heterocycles. The van der Waals surface area contributed by atoms with Crippen molar-refractivity contribution in [2.75, 3.05) is 13.7 Å². The molecule has 1 aromatic heterocycles. The molecule has 29 heavy (non-hydrogen) atoms. The third-order valence-electron chi connectivity index (χ3n) is 3.89. The van der Waals surface area contributed by atoms with Gasteiger partial charge in [-0.2, -0.15) is 0 Å². The van der Waals surface area contributed by atoms with Gasteiger partial charge in [0.2, 0.25) is 0 Å². The number of carbonyl (C=O) groups is 2. The minimum Gasteiger partial charge on any atom is -0.451 e. The first-order chi connectivity index (χ1) is 13.9. The van der Waals surface area contributed by atoms with Gasteiger partial charge in [0.05, 0.1) is 12.6 Å². The predicted octanol–water partition coefficient (Wildman–Crippen LogP) is 0.443. The Balaban J connectivity index is 2.00. The van der Waals surface area contributed by atoms with Crippen LogP contribution in [-0.4, -0.2) is 47.7 Å². The van der Waals surface area contributed by atoms with E-state index in [1.165, 1.54) is 6.92 Å². The summed E-state index contributed by atoms with van der Waals surface area (Å²) in [4.78, 5) is 23.8. The first kappa shape index (κ1) is 21.9. The van der Waals surface area contributed by atoms with E-state index in [2.05, 4.69) is 34.3 Å². The summed E-state index contributed by atoms with van der Waals surface area (Å²) in [5, 5.41) is 23.9. The lowest BCUT2D eigenvalue weighted by atomic mass is 10.1. The van der Waals surface area contributed by atoms with Gasteiger partial charge in [-0.1, -0.05) is 5.92 Å². The van der Waals surface area contributed by atoms with Crippen molar-refractivity contribution in [2.45, 2.75) is 25.6 Å². The fourth-order valence-corrected chi connectivity index (χ4v) is 2.41. The number of aliphatic hydroxyl groups is 2. The monoisotopic (exact) mass is 394 g/mol. The van der Waals surface area contributed by atoms with E-state index in [0.29, 0.717) is 23.4 Å². The van der Waals surface area contributed by atoms with E-state index < -0.39 is 30.4 Å². The third kappa shape index (κ3) is 6.63. The summed E-state index contributed by atoms with van der Waals surface area (Å²) in [6.07, 6.45) is -1.12. The molecular weight excluding hydrogens is 372 g/mol. The van der Waals surface area contributed by atoms with Crippen LogP contribution < -0.4 is 10.6 Å². The maximum absolute atomic E-state index is 12.2. The van der Waals surface area contributed by atoms with Crippen LogP contribution in [0.25, 0.3) is 0 Å². The number of hydrogen-bond donors (Lipinski definition) is 4. The SMILES string of the molecule is CNCc1ccc(C#CC#Cc2ccc(C(=O)N[C@H](C(=O)CO)[C@@H](C)O)cc2)o1. The topological polar surface area (TPSA) is 112 Å². The lowest BCUT2D eigenvalue weighted by molar-refractivity contribution is -0.125. The third-order valence-corrected chi connectivity index (χ3v) is 3.89. The van der Waals surface area contributed by atoms with Crippen LogP contribution in [0.4, 0.5) is 0 Å². The Kier molecular flexibility index (Phi) is 8.20. The quantitative estimate of drug-likeness (QED) is 0.507. The molecule has 0 fully saturated rings. The predicted molar refractivity (Wildman–Crippen MR) is 107 cm³/mol. The number of amides is 1. The number of ketones is 1. The zero-order valence-corrected chi connectivity index (χ0v) is 16.2. The van der Waals surface area contributed by atoms with Crippen molar-refractivity contribution in [1.82, 2.24) is 10.6 Å². The van der Waals surface area contributed by atoms with E-state index in [4.69, 9.17) is 9.52 Å². The standard InChI is InChI=1S/C22H22N2O5/c1-15(26)21(20(27)14-25)24-22(28)17-9-7-16(8-10-17)5-3-4-6-18-11-12-19(29-18)13-23-2/h7-12,15,21,23,25-26H,13-14H2,1-2H3,(H,24,28)/t15-,21+/m1/s1. The molecule has 7 nitrogen and oxygen atoms in total. The summed E-state index contributed by atoms with van der Waals surface area (Å²) in [6.45, 7) is 1.22. The Morgan fingerprint density at radius 1 is 1.10 bits per heavy atom. The Bertz CT molecular complexity index is 968. The molecule has 150 valence electrons. The second-order valence-electron chi connectivity index (χ2n) is 6.19. The number of benzene rings is 1. The highest BCUT2D eigenvalue weighted by Gasteiger charge is 2.25. The fraction of sp³-hybridized carbons (Fsp3) is 0.273. The van der Waals surface area contributed by atoms with Crippen LogP contribution in [0.5, 0.6) is 0 Å². The highest BCUT2D eigenvalue weighted by atomic mass is 16.3. The molecule has 0 saturated heterocycles. The maximum atomic E-state index is 12.2. The van der Waals surface area contributed by atoms with Gasteiger partial charge in [-0.05, 0) is 68.1 Å². The molecule has 0 unspecified atom stereocenters. The molecule has 0 radical (unpaired) electrons. The van der Waals surface area contributed by atoms with Crippen molar-refractivity contribution in [3.63, 3.8) is 0 Å². The van der Waals surface area contributed by atoms with Crippen molar-refractivity contribution < 1.29 is 24.2 Å². The van der Waals surface area contributed by atoms with Gasteiger partial charge in [0.25, 0.3) is 5.91 Å². The highest BCUT2D eigenvalue weighted by Crippen LogP contribution is 2.06. The first-order valence-electron chi connectivity index (χ1n) is 8.92. The number of rotatable bonds is 7. The summed E-state index contributed by atoms with van der Waals surface area (Å²) in [5.41, 5.74) is 0.954. The van der Waals surface area contributed by atoms with Crippen LogP contribution >= 0.6 is 0 Å². The van der Waals surface area contributed by atoms with Gasteiger partial charge in [-0.3, -0.25) is 9.59 Å². The first-order valence-corrected chi connectivity index (χ1v) is 8.92. The molecule has 1 amide bonds. The molecule has 0 aliphatic heterocycles. The summed E-state index contributed by atoms with van der Waals surface area (Å²) < 4.78 is 5.49. The summed E-state index contributed by atoms with van der Waals surface area (Å²) in [7, 11) is 1.83. The van der Waals surface area contributed by atoms with Crippen molar-refractivity contribution >= 4 is 11.7 Å². The molecular formula is C22H22N2O5. The maximum Gasteiger partial charge on any atom is 0.251 e. The van der Waals surface area contributed by atoms with Crippen LogP contribution in [0.2, 0.25) is 0 Å². The molecule has 0 spiro atoms. The van der Waals surface area contributed by atoms with E-state index in [9.17, 15) is 14.7 Å². The minimum absolute atomic E-state index is 0.297. The number of Topliss-reactive ketones (excluding diaryl/α,β-unsaturated/α-hetero) is 1. The molecule has 4 N–H and O–H groups in total. The largest absolute Gasteiger partial charge is 0.451 e. The highest BCUT2D eigenvalue weighted by molar-refractivity contribution is 5.98. The summed E-state index contributed by atoms with van der Waals surface area (Å²) in [6, 6.07) is 8.83. The zero-order chi connectivity index (χ0) is 21.2. The number of hydrogen-bond acceptors (Lipinski definition) is 6. The van der Waals surface area contributed by atoms with Gasteiger partial charge in [-0.25, -0.2) is 0 Å². The van der Waals surface area contributed by atoms with Gasteiger partial charge in [-0.15, -0.1) is 0 Å². The molecule has 0 aliphatic rings.